The van der Waals surface area contributed by atoms with Gasteiger partial charge in [-0.1, -0.05) is 36.4 Å². The highest BCUT2D eigenvalue weighted by Crippen LogP contribution is 2.24. The molecule has 168 valence electrons. The molecule has 6 heteroatoms. The summed E-state index contributed by atoms with van der Waals surface area (Å²) in [5.74, 6) is 1.52. The molecule has 0 aliphatic rings. The van der Waals surface area contributed by atoms with E-state index in [1.54, 1.807) is 12.4 Å². The monoisotopic (exact) mass is 442 g/mol. The third-order valence-corrected chi connectivity index (χ3v) is 5.46. The molecule has 2 aromatic carbocycles. The van der Waals surface area contributed by atoms with Gasteiger partial charge in [-0.3, -0.25) is 9.78 Å². The molecule has 0 aliphatic carbocycles. The lowest BCUT2D eigenvalue weighted by molar-refractivity contribution is -0.142. The van der Waals surface area contributed by atoms with E-state index in [4.69, 9.17) is 13.9 Å². The second-order valence-corrected chi connectivity index (χ2v) is 7.70. The van der Waals surface area contributed by atoms with Crippen molar-refractivity contribution in [2.24, 2.45) is 0 Å². The summed E-state index contributed by atoms with van der Waals surface area (Å²) in [7, 11) is 1.40. The second-order valence-electron chi connectivity index (χ2n) is 7.70. The SMILES string of the molecule is COC(=O)C(Cc1ccc(OCCc2nc(-c3ccccc3)oc2C)cc1)c1cccnc1. The number of nitrogens with zero attached hydrogens (tertiary/aromatic N) is 2. The molecule has 6 nitrogen and oxygen atoms in total. The topological polar surface area (TPSA) is 74.5 Å². The Bertz CT molecular complexity index is 1170. The van der Waals surface area contributed by atoms with Crippen molar-refractivity contribution >= 4 is 5.97 Å². The molecular weight excluding hydrogens is 416 g/mol. The largest absolute Gasteiger partial charge is 0.493 e. The molecular formula is C27H26N2O4. The summed E-state index contributed by atoms with van der Waals surface area (Å²) in [6.45, 7) is 2.41. The van der Waals surface area contributed by atoms with Gasteiger partial charge in [0.15, 0.2) is 0 Å². The summed E-state index contributed by atoms with van der Waals surface area (Å²) in [6, 6.07) is 21.3. The minimum absolute atomic E-state index is 0.277. The molecule has 4 rings (SSSR count). The van der Waals surface area contributed by atoms with Crippen LogP contribution in [0.5, 0.6) is 5.75 Å². The van der Waals surface area contributed by atoms with Crippen molar-refractivity contribution in [3.63, 3.8) is 0 Å². The Kier molecular flexibility index (Phi) is 7.15. The summed E-state index contributed by atoms with van der Waals surface area (Å²) in [6.07, 6.45) is 4.57. The van der Waals surface area contributed by atoms with E-state index >= 15 is 0 Å². The third kappa shape index (κ3) is 5.66. The fraction of sp³-hybridized carbons (Fsp3) is 0.222. The van der Waals surface area contributed by atoms with E-state index in [9.17, 15) is 4.79 Å². The molecule has 0 saturated carbocycles. The van der Waals surface area contributed by atoms with E-state index in [2.05, 4.69) is 9.97 Å². The quantitative estimate of drug-likeness (QED) is 0.333. The molecule has 0 saturated heterocycles. The zero-order valence-corrected chi connectivity index (χ0v) is 18.7. The van der Waals surface area contributed by atoms with Crippen molar-refractivity contribution in [3.05, 3.63) is 102 Å². The summed E-state index contributed by atoms with van der Waals surface area (Å²) >= 11 is 0. The summed E-state index contributed by atoms with van der Waals surface area (Å²) in [5, 5.41) is 0. The van der Waals surface area contributed by atoms with Crippen LogP contribution in [0.4, 0.5) is 0 Å². The number of methoxy groups -OCH3 is 1. The highest BCUT2D eigenvalue weighted by Gasteiger charge is 2.22. The average Bonchev–Trinajstić information content (AvgIpc) is 3.24. The number of carbonyl (C=O) groups excluding carboxylic acids is 1. The molecule has 0 fully saturated rings. The Morgan fingerprint density at radius 1 is 1.03 bits per heavy atom. The highest BCUT2D eigenvalue weighted by atomic mass is 16.5. The Balaban J connectivity index is 1.34. The number of pyridine rings is 1. The molecule has 0 N–H and O–H groups in total. The van der Waals surface area contributed by atoms with Crippen molar-refractivity contribution in [1.29, 1.82) is 0 Å². The predicted octanol–water partition coefficient (Wildman–Crippen LogP) is 5.17. The van der Waals surface area contributed by atoms with Crippen LogP contribution in [0.15, 0.2) is 83.5 Å². The first kappa shape index (κ1) is 22.3. The lowest BCUT2D eigenvalue weighted by atomic mass is 9.93. The van der Waals surface area contributed by atoms with Crippen LogP contribution in [0.25, 0.3) is 11.5 Å². The molecule has 0 aliphatic heterocycles. The maximum atomic E-state index is 12.3. The number of esters is 1. The zero-order valence-electron chi connectivity index (χ0n) is 18.7. The number of aromatic nitrogens is 2. The molecule has 1 unspecified atom stereocenters. The van der Waals surface area contributed by atoms with Crippen molar-refractivity contribution in [1.82, 2.24) is 9.97 Å². The fourth-order valence-electron chi connectivity index (χ4n) is 3.65. The van der Waals surface area contributed by atoms with Crippen LogP contribution < -0.4 is 4.74 Å². The van der Waals surface area contributed by atoms with Gasteiger partial charge in [0.2, 0.25) is 5.89 Å². The van der Waals surface area contributed by atoms with E-state index in [0.29, 0.717) is 25.3 Å². The second kappa shape index (κ2) is 10.6. The number of aryl methyl sites for hydroxylation is 1. The molecule has 2 aromatic heterocycles. The van der Waals surface area contributed by atoms with Crippen molar-refractivity contribution in [3.8, 4) is 17.2 Å². The Hall–Kier alpha value is -3.93. The van der Waals surface area contributed by atoms with Crippen LogP contribution in [-0.2, 0) is 22.4 Å². The third-order valence-electron chi connectivity index (χ3n) is 5.46. The predicted molar refractivity (Wildman–Crippen MR) is 125 cm³/mol. The smallest absolute Gasteiger partial charge is 0.313 e. The number of hydrogen-bond donors (Lipinski definition) is 0. The van der Waals surface area contributed by atoms with Gasteiger partial charge in [0, 0.05) is 24.4 Å². The van der Waals surface area contributed by atoms with Gasteiger partial charge >= 0.3 is 5.97 Å². The minimum Gasteiger partial charge on any atom is -0.493 e. The fourth-order valence-corrected chi connectivity index (χ4v) is 3.65. The van der Waals surface area contributed by atoms with Crippen LogP contribution in [0.1, 0.15) is 28.5 Å². The molecule has 0 bridgehead atoms. The first-order chi connectivity index (χ1) is 16.1. The summed E-state index contributed by atoms with van der Waals surface area (Å²) in [4.78, 5) is 21.0. The molecule has 1 atom stereocenters. The normalized spacial score (nSPS) is 11.7. The zero-order chi connectivity index (χ0) is 23.0. The Morgan fingerprint density at radius 3 is 2.52 bits per heavy atom. The van der Waals surface area contributed by atoms with Crippen LogP contribution in [0, 0.1) is 6.92 Å². The molecule has 2 heterocycles. The van der Waals surface area contributed by atoms with Crippen LogP contribution in [0.3, 0.4) is 0 Å². The number of rotatable bonds is 9. The van der Waals surface area contributed by atoms with Gasteiger partial charge in [-0.05, 0) is 54.8 Å². The first-order valence-corrected chi connectivity index (χ1v) is 10.8. The minimum atomic E-state index is -0.399. The number of hydrogen-bond acceptors (Lipinski definition) is 6. The molecule has 0 radical (unpaired) electrons. The first-order valence-electron chi connectivity index (χ1n) is 10.8. The summed E-state index contributed by atoms with van der Waals surface area (Å²) < 4.78 is 16.7. The van der Waals surface area contributed by atoms with E-state index in [1.807, 2.05) is 73.7 Å². The summed E-state index contributed by atoms with van der Waals surface area (Å²) in [5.41, 5.74) is 3.70. The maximum absolute atomic E-state index is 12.3. The van der Waals surface area contributed by atoms with Gasteiger partial charge in [-0.25, -0.2) is 4.98 Å². The number of oxazole rings is 1. The van der Waals surface area contributed by atoms with Gasteiger partial charge in [0.1, 0.15) is 11.5 Å². The van der Waals surface area contributed by atoms with Gasteiger partial charge in [0.25, 0.3) is 0 Å². The molecule has 4 aromatic rings. The lowest BCUT2D eigenvalue weighted by Gasteiger charge is -2.15. The number of ether oxygens (including phenoxy) is 2. The number of benzene rings is 2. The van der Waals surface area contributed by atoms with Crippen molar-refractivity contribution in [2.45, 2.75) is 25.7 Å². The maximum Gasteiger partial charge on any atom is 0.313 e. The van der Waals surface area contributed by atoms with Gasteiger partial charge in [-0.2, -0.15) is 0 Å². The molecule has 33 heavy (non-hydrogen) atoms. The molecule has 0 amide bonds. The van der Waals surface area contributed by atoms with Crippen LogP contribution in [-0.4, -0.2) is 29.7 Å². The van der Waals surface area contributed by atoms with E-state index in [-0.39, 0.29) is 5.97 Å². The van der Waals surface area contributed by atoms with Crippen LogP contribution >= 0.6 is 0 Å². The van der Waals surface area contributed by atoms with Gasteiger partial charge < -0.3 is 13.9 Å². The van der Waals surface area contributed by atoms with E-state index in [1.165, 1.54) is 7.11 Å². The van der Waals surface area contributed by atoms with Crippen LogP contribution in [0.2, 0.25) is 0 Å². The highest BCUT2D eigenvalue weighted by molar-refractivity contribution is 5.78. The molecule has 0 spiro atoms. The Morgan fingerprint density at radius 2 is 1.82 bits per heavy atom. The lowest BCUT2D eigenvalue weighted by Crippen LogP contribution is -2.17. The van der Waals surface area contributed by atoms with Gasteiger partial charge in [-0.15, -0.1) is 0 Å². The van der Waals surface area contributed by atoms with Crippen molar-refractivity contribution in [2.75, 3.05) is 13.7 Å². The average molecular weight is 443 g/mol. The van der Waals surface area contributed by atoms with E-state index < -0.39 is 5.92 Å². The number of carbonyl (C=O) groups is 1. The van der Waals surface area contributed by atoms with Crippen molar-refractivity contribution < 1.29 is 18.7 Å². The standard InChI is InChI=1S/C27H26N2O4/c1-19-25(29-26(33-19)21-7-4-3-5-8-21)14-16-32-23-12-10-20(11-13-23)17-24(27(30)31-2)22-9-6-15-28-18-22/h3-13,15,18,24H,14,16-17H2,1-2H3. The van der Waals surface area contributed by atoms with Gasteiger partial charge in [0.05, 0.1) is 25.3 Å². The van der Waals surface area contributed by atoms with E-state index in [0.717, 1.165) is 33.9 Å². The Labute approximate surface area is 193 Å².